The summed E-state index contributed by atoms with van der Waals surface area (Å²) in [5, 5.41) is 12.4. The number of benzene rings is 1. The molecule has 0 radical (unpaired) electrons. The first-order valence-electron chi connectivity index (χ1n) is 6.15. The van der Waals surface area contributed by atoms with Crippen LogP contribution in [0, 0.1) is 0 Å². The molecule has 1 aromatic heterocycles. The van der Waals surface area contributed by atoms with Crippen LogP contribution in [0.2, 0.25) is 5.02 Å². The molecule has 0 fully saturated rings. The molecule has 3 nitrogen and oxygen atoms in total. The number of nitrogens with zero attached hydrogens (tertiary/aromatic N) is 2. The lowest BCUT2D eigenvalue weighted by atomic mass is 10.2. The molecule has 0 atom stereocenters. The molecule has 108 valence electrons. The molecule has 1 N–H and O–H groups in total. The van der Waals surface area contributed by atoms with E-state index in [1.165, 1.54) is 0 Å². The fourth-order valence-electron chi connectivity index (χ4n) is 1.47. The molecule has 0 saturated heterocycles. The van der Waals surface area contributed by atoms with Gasteiger partial charge in [0, 0.05) is 22.5 Å². The van der Waals surface area contributed by atoms with Crippen LogP contribution in [0.25, 0.3) is 0 Å². The second-order valence-electron chi connectivity index (χ2n) is 4.43. The monoisotopic (exact) mass is 345 g/mol. The van der Waals surface area contributed by atoms with Crippen molar-refractivity contribution in [2.45, 2.75) is 40.0 Å². The van der Waals surface area contributed by atoms with Crippen molar-refractivity contribution in [1.29, 1.82) is 0 Å². The Labute approximate surface area is 136 Å². The molecule has 0 amide bonds. The Hall–Kier alpha value is -0.270. The van der Waals surface area contributed by atoms with E-state index in [1.807, 2.05) is 12.3 Å². The fraction of sp³-hybridized carbons (Fsp3) is 0.385. The first-order valence-corrected chi connectivity index (χ1v) is 9.39. The normalized spacial score (nSPS) is 11.2. The molecule has 0 aliphatic carbocycles. The summed E-state index contributed by atoms with van der Waals surface area (Å²) < 4.78 is 1.93. The van der Waals surface area contributed by atoms with Gasteiger partial charge in [0.25, 0.3) is 0 Å². The Morgan fingerprint density at radius 1 is 1.30 bits per heavy atom. The molecule has 0 aliphatic heterocycles. The van der Waals surface area contributed by atoms with Gasteiger partial charge in [0.2, 0.25) is 0 Å². The average molecular weight is 346 g/mol. The first kappa shape index (κ1) is 16.1. The molecule has 1 aromatic carbocycles. The van der Waals surface area contributed by atoms with Crippen molar-refractivity contribution in [3.8, 4) is 0 Å². The van der Waals surface area contributed by atoms with Gasteiger partial charge >= 0.3 is 0 Å². The van der Waals surface area contributed by atoms with Gasteiger partial charge in [-0.2, -0.15) is 0 Å². The van der Waals surface area contributed by atoms with E-state index < -0.39 is 0 Å². The minimum Gasteiger partial charge on any atom is -0.310 e. The molecule has 1 heterocycles. The summed E-state index contributed by atoms with van der Waals surface area (Å²) >= 11 is 11.1. The van der Waals surface area contributed by atoms with E-state index in [1.54, 1.807) is 34.9 Å². The molecule has 0 aliphatic rings. The van der Waals surface area contributed by atoms with Crippen LogP contribution in [0.4, 0.5) is 0 Å². The lowest BCUT2D eigenvalue weighted by molar-refractivity contribution is 0.589. The Kier molecular flexibility index (Phi) is 6.17. The lowest BCUT2D eigenvalue weighted by Crippen LogP contribution is -2.21. The Morgan fingerprint density at radius 2 is 2.05 bits per heavy atom. The number of hydrogen-bond donors (Lipinski definition) is 1. The molecular weight excluding hydrogens is 330 g/mol. The summed E-state index contributed by atoms with van der Waals surface area (Å²) in [4.78, 5) is 1.09. The SMILES string of the molecule is CSc1nnc(Sc2ccc(CNC(C)C)c(Cl)c2)s1. The standard InChI is InChI=1S/C13H16ClN3S3/c1-8(2)15-7-9-4-5-10(6-11(9)14)19-13-17-16-12(18-3)20-13/h4-6,8,15H,7H2,1-3H3. The van der Waals surface area contributed by atoms with Crippen LogP contribution in [0.1, 0.15) is 19.4 Å². The molecule has 2 aromatic rings. The number of thioether (sulfide) groups is 1. The predicted octanol–water partition coefficient (Wildman–Crippen LogP) is 4.56. The lowest BCUT2D eigenvalue weighted by Gasteiger charge is -2.10. The van der Waals surface area contributed by atoms with E-state index in [4.69, 9.17) is 11.6 Å². The summed E-state index contributed by atoms with van der Waals surface area (Å²) in [6, 6.07) is 6.58. The largest absolute Gasteiger partial charge is 0.310 e. The number of nitrogens with one attached hydrogen (secondary N) is 1. The van der Waals surface area contributed by atoms with Crippen molar-refractivity contribution in [1.82, 2.24) is 15.5 Å². The van der Waals surface area contributed by atoms with E-state index in [0.29, 0.717) is 6.04 Å². The summed E-state index contributed by atoms with van der Waals surface area (Å²) in [5.74, 6) is 0. The second kappa shape index (κ2) is 7.66. The highest BCUT2D eigenvalue weighted by atomic mass is 35.5. The van der Waals surface area contributed by atoms with E-state index >= 15 is 0 Å². The van der Waals surface area contributed by atoms with Crippen LogP contribution < -0.4 is 5.32 Å². The fourth-order valence-corrected chi connectivity index (χ4v) is 4.23. The van der Waals surface area contributed by atoms with Crippen molar-refractivity contribution < 1.29 is 0 Å². The van der Waals surface area contributed by atoms with E-state index in [-0.39, 0.29) is 0 Å². The smallest absolute Gasteiger partial charge is 0.179 e. The van der Waals surface area contributed by atoms with Gasteiger partial charge in [0.15, 0.2) is 8.68 Å². The molecule has 20 heavy (non-hydrogen) atoms. The minimum atomic E-state index is 0.450. The maximum absolute atomic E-state index is 6.32. The molecule has 2 rings (SSSR count). The van der Waals surface area contributed by atoms with Gasteiger partial charge in [-0.05, 0) is 24.0 Å². The summed E-state index contributed by atoms with van der Waals surface area (Å²) in [6.45, 7) is 5.03. The molecular formula is C13H16ClN3S3. The topological polar surface area (TPSA) is 37.8 Å². The number of halogens is 1. The third kappa shape index (κ3) is 4.63. The molecule has 0 unspecified atom stereocenters. The van der Waals surface area contributed by atoms with Gasteiger partial charge in [0.05, 0.1) is 0 Å². The van der Waals surface area contributed by atoms with Crippen LogP contribution >= 0.6 is 46.5 Å². The Balaban J connectivity index is 2.04. The van der Waals surface area contributed by atoms with Gasteiger partial charge in [-0.25, -0.2) is 0 Å². The third-order valence-corrected chi connectivity index (χ3v) is 5.78. The maximum atomic E-state index is 6.32. The van der Waals surface area contributed by atoms with E-state index in [2.05, 4.69) is 41.5 Å². The van der Waals surface area contributed by atoms with Crippen LogP contribution in [0.15, 0.2) is 31.8 Å². The first-order chi connectivity index (χ1) is 9.58. The van der Waals surface area contributed by atoms with Gasteiger partial charge in [-0.15, -0.1) is 10.2 Å². The summed E-state index contributed by atoms with van der Waals surface area (Å²) in [7, 11) is 0. The zero-order valence-corrected chi connectivity index (χ0v) is 14.7. The summed E-state index contributed by atoms with van der Waals surface area (Å²) in [6.07, 6.45) is 2.00. The van der Waals surface area contributed by atoms with Crippen molar-refractivity contribution in [2.75, 3.05) is 6.26 Å². The summed E-state index contributed by atoms with van der Waals surface area (Å²) in [5.41, 5.74) is 1.12. The third-order valence-electron chi connectivity index (χ3n) is 2.49. The highest BCUT2D eigenvalue weighted by Crippen LogP contribution is 2.34. The quantitative estimate of drug-likeness (QED) is 0.777. The van der Waals surface area contributed by atoms with Crippen LogP contribution in [-0.2, 0) is 6.54 Å². The van der Waals surface area contributed by atoms with Crippen molar-refractivity contribution in [3.63, 3.8) is 0 Å². The van der Waals surface area contributed by atoms with Crippen LogP contribution in [0.5, 0.6) is 0 Å². The van der Waals surface area contributed by atoms with Crippen LogP contribution in [-0.4, -0.2) is 22.5 Å². The Morgan fingerprint density at radius 3 is 2.65 bits per heavy atom. The van der Waals surface area contributed by atoms with E-state index in [0.717, 1.165) is 30.7 Å². The van der Waals surface area contributed by atoms with Crippen LogP contribution in [0.3, 0.4) is 0 Å². The molecule has 7 heteroatoms. The van der Waals surface area contributed by atoms with Crippen molar-refractivity contribution in [2.24, 2.45) is 0 Å². The predicted molar refractivity (Wildman–Crippen MR) is 89.2 cm³/mol. The Bertz CT molecular complexity index is 572. The number of aromatic nitrogens is 2. The molecule has 0 bridgehead atoms. The molecule has 0 saturated carbocycles. The zero-order chi connectivity index (χ0) is 14.5. The van der Waals surface area contributed by atoms with E-state index in [9.17, 15) is 0 Å². The van der Waals surface area contributed by atoms with Gasteiger partial charge in [-0.1, -0.05) is 66.4 Å². The maximum Gasteiger partial charge on any atom is 0.179 e. The second-order valence-corrected chi connectivity index (χ2v) is 8.19. The zero-order valence-electron chi connectivity index (χ0n) is 11.5. The molecule has 0 spiro atoms. The van der Waals surface area contributed by atoms with Gasteiger partial charge in [-0.3, -0.25) is 0 Å². The van der Waals surface area contributed by atoms with Gasteiger partial charge in [0.1, 0.15) is 0 Å². The van der Waals surface area contributed by atoms with Crippen molar-refractivity contribution in [3.05, 3.63) is 28.8 Å². The van der Waals surface area contributed by atoms with Crippen molar-refractivity contribution >= 4 is 46.5 Å². The minimum absolute atomic E-state index is 0.450. The highest BCUT2D eigenvalue weighted by molar-refractivity contribution is 8.03. The highest BCUT2D eigenvalue weighted by Gasteiger charge is 2.08. The number of hydrogen-bond acceptors (Lipinski definition) is 6. The average Bonchev–Trinajstić information content (AvgIpc) is 2.85. The van der Waals surface area contributed by atoms with Gasteiger partial charge < -0.3 is 5.32 Å². The number of rotatable bonds is 6.